The molecule has 0 saturated carbocycles. The smallest absolute Gasteiger partial charge is 0.274 e. The molecular formula is C21H20ClN3O3. The molecule has 0 radical (unpaired) electrons. The van der Waals surface area contributed by atoms with Gasteiger partial charge in [0.2, 0.25) is 0 Å². The summed E-state index contributed by atoms with van der Waals surface area (Å²) in [6.07, 6.45) is 0. The van der Waals surface area contributed by atoms with Crippen LogP contribution in [0.3, 0.4) is 0 Å². The third-order valence-electron chi connectivity index (χ3n) is 4.06. The van der Waals surface area contributed by atoms with Gasteiger partial charge >= 0.3 is 0 Å². The van der Waals surface area contributed by atoms with Gasteiger partial charge in [-0.1, -0.05) is 41.9 Å². The van der Waals surface area contributed by atoms with Gasteiger partial charge in [-0.05, 0) is 35.9 Å². The molecule has 1 aromatic heterocycles. The first kappa shape index (κ1) is 19.6. The van der Waals surface area contributed by atoms with Crippen molar-refractivity contribution in [2.45, 2.75) is 13.1 Å². The van der Waals surface area contributed by atoms with Crippen LogP contribution < -0.4 is 10.3 Å². The molecule has 1 amide bonds. The number of hydrogen-bond donors (Lipinski definition) is 0. The average molecular weight is 398 g/mol. The molecule has 7 heteroatoms. The predicted octanol–water partition coefficient (Wildman–Crippen LogP) is 3.25. The molecule has 1 heterocycles. The van der Waals surface area contributed by atoms with Crippen molar-refractivity contribution in [1.82, 2.24) is 14.7 Å². The van der Waals surface area contributed by atoms with Gasteiger partial charge in [-0.2, -0.15) is 5.10 Å². The highest BCUT2D eigenvalue weighted by Gasteiger charge is 2.15. The van der Waals surface area contributed by atoms with Crippen molar-refractivity contribution in [3.05, 3.63) is 93.4 Å². The van der Waals surface area contributed by atoms with Crippen molar-refractivity contribution in [3.8, 4) is 5.75 Å². The van der Waals surface area contributed by atoms with Crippen molar-refractivity contribution in [3.63, 3.8) is 0 Å². The zero-order valence-electron chi connectivity index (χ0n) is 15.4. The molecule has 0 spiro atoms. The number of nitrogens with zero attached hydrogens (tertiary/aromatic N) is 3. The SMILES string of the molecule is CN(Cc1cccc(Cl)c1)C(=O)c1ccc(=O)n(CCOc2ccccc2)n1. The molecule has 0 aliphatic heterocycles. The minimum absolute atomic E-state index is 0.198. The second-order valence-electron chi connectivity index (χ2n) is 6.23. The summed E-state index contributed by atoms with van der Waals surface area (Å²) in [5.74, 6) is 0.432. The first-order valence-electron chi connectivity index (χ1n) is 8.79. The van der Waals surface area contributed by atoms with E-state index in [1.54, 1.807) is 19.2 Å². The lowest BCUT2D eigenvalue weighted by atomic mass is 10.2. The second kappa shape index (κ2) is 9.19. The van der Waals surface area contributed by atoms with E-state index in [1.807, 2.05) is 42.5 Å². The Morgan fingerprint density at radius 1 is 1.11 bits per heavy atom. The van der Waals surface area contributed by atoms with Gasteiger partial charge < -0.3 is 9.64 Å². The van der Waals surface area contributed by atoms with Crippen LogP contribution in [-0.4, -0.2) is 34.2 Å². The van der Waals surface area contributed by atoms with Crippen LogP contribution >= 0.6 is 11.6 Å². The summed E-state index contributed by atoms with van der Waals surface area (Å²) in [5, 5.41) is 4.80. The highest BCUT2D eigenvalue weighted by atomic mass is 35.5. The first-order chi connectivity index (χ1) is 13.5. The minimum Gasteiger partial charge on any atom is -0.492 e. The van der Waals surface area contributed by atoms with E-state index in [1.165, 1.54) is 21.7 Å². The molecule has 0 saturated heterocycles. The average Bonchev–Trinajstić information content (AvgIpc) is 2.69. The van der Waals surface area contributed by atoms with Crippen LogP contribution in [0, 0.1) is 0 Å². The van der Waals surface area contributed by atoms with Crippen LogP contribution in [-0.2, 0) is 13.1 Å². The first-order valence-corrected chi connectivity index (χ1v) is 9.16. The molecule has 0 unspecified atom stereocenters. The summed E-state index contributed by atoms with van der Waals surface area (Å²) in [6.45, 7) is 0.900. The topological polar surface area (TPSA) is 64.4 Å². The van der Waals surface area contributed by atoms with E-state index in [0.717, 1.165) is 5.56 Å². The molecular weight excluding hydrogens is 378 g/mol. The lowest BCUT2D eigenvalue weighted by Gasteiger charge is -2.17. The molecule has 2 aromatic carbocycles. The van der Waals surface area contributed by atoms with Crippen LogP contribution in [0.2, 0.25) is 5.02 Å². The van der Waals surface area contributed by atoms with Crippen molar-refractivity contribution in [1.29, 1.82) is 0 Å². The lowest BCUT2D eigenvalue weighted by Crippen LogP contribution is -2.31. The summed E-state index contributed by atoms with van der Waals surface area (Å²) >= 11 is 5.99. The number of para-hydroxylation sites is 1. The summed E-state index contributed by atoms with van der Waals surface area (Å²) in [4.78, 5) is 26.2. The van der Waals surface area contributed by atoms with Gasteiger partial charge in [-0.25, -0.2) is 4.68 Å². The van der Waals surface area contributed by atoms with E-state index in [2.05, 4.69) is 5.10 Å². The third-order valence-corrected chi connectivity index (χ3v) is 4.29. The Labute approximate surface area is 167 Å². The van der Waals surface area contributed by atoms with Gasteiger partial charge in [0, 0.05) is 24.7 Å². The molecule has 0 aliphatic carbocycles. The number of rotatable bonds is 7. The van der Waals surface area contributed by atoms with Crippen molar-refractivity contribution in [2.24, 2.45) is 0 Å². The summed E-state index contributed by atoms with van der Waals surface area (Å²) in [5.41, 5.74) is 0.822. The maximum absolute atomic E-state index is 12.7. The molecule has 0 atom stereocenters. The Balaban J connectivity index is 1.65. The van der Waals surface area contributed by atoms with Crippen molar-refractivity contribution < 1.29 is 9.53 Å². The van der Waals surface area contributed by atoms with E-state index in [0.29, 0.717) is 17.3 Å². The normalized spacial score (nSPS) is 10.5. The summed E-state index contributed by atoms with van der Waals surface area (Å²) < 4.78 is 6.83. The molecule has 144 valence electrons. The minimum atomic E-state index is -0.286. The van der Waals surface area contributed by atoms with E-state index in [4.69, 9.17) is 16.3 Å². The van der Waals surface area contributed by atoms with E-state index in [-0.39, 0.29) is 30.3 Å². The van der Waals surface area contributed by atoms with E-state index < -0.39 is 0 Å². The van der Waals surface area contributed by atoms with Gasteiger partial charge in [0.1, 0.15) is 18.1 Å². The quantitative estimate of drug-likeness (QED) is 0.614. The number of aromatic nitrogens is 2. The van der Waals surface area contributed by atoms with Gasteiger partial charge in [0.25, 0.3) is 11.5 Å². The maximum atomic E-state index is 12.7. The van der Waals surface area contributed by atoms with Crippen LogP contribution in [0.5, 0.6) is 5.75 Å². The maximum Gasteiger partial charge on any atom is 0.274 e. The molecule has 6 nitrogen and oxygen atoms in total. The number of carbonyl (C=O) groups excluding carboxylic acids is 1. The van der Waals surface area contributed by atoms with Crippen LogP contribution in [0.1, 0.15) is 16.1 Å². The Hall–Kier alpha value is -3.12. The van der Waals surface area contributed by atoms with E-state index >= 15 is 0 Å². The van der Waals surface area contributed by atoms with Crippen LogP contribution in [0.4, 0.5) is 0 Å². The molecule has 3 rings (SSSR count). The fraction of sp³-hybridized carbons (Fsp3) is 0.190. The number of benzene rings is 2. The van der Waals surface area contributed by atoms with Gasteiger partial charge in [-0.15, -0.1) is 0 Å². The highest BCUT2D eigenvalue weighted by Crippen LogP contribution is 2.13. The standard InChI is InChI=1S/C21H20ClN3O3/c1-24(15-16-6-5-7-17(22)14-16)21(27)19-10-11-20(26)25(23-19)12-13-28-18-8-3-2-4-9-18/h2-11,14H,12-13,15H2,1H3. The Morgan fingerprint density at radius 3 is 2.64 bits per heavy atom. The highest BCUT2D eigenvalue weighted by molar-refractivity contribution is 6.30. The lowest BCUT2D eigenvalue weighted by molar-refractivity contribution is 0.0776. The second-order valence-corrected chi connectivity index (χ2v) is 6.67. The number of ether oxygens (including phenoxy) is 1. The Bertz CT molecular complexity index is 1010. The molecule has 3 aromatic rings. The zero-order valence-corrected chi connectivity index (χ0v) is 16.2. The largest absolute Gasteiger partial charge is 0.492 e. The van der Waals surface area contributed by atoms with Crippen LogP contribution in [0.15, 0.2) is 71.5 Å². The molecule has 0 fully saturated rings. The molecule has 0 N–H and O–H groups in total. The van der Waals surface area contributed by atoms with Gasteiger partial charge in [0.15, 0.2) is 0 Å². The molecule has 0 aliphatic rings. The van der Waals surface area contributed by atoms with Crippen LogP contribution in [0.25, 0.3) is 0 Å². The Kier molecular flexibility index (Phi) is 6.45. The van der Waals surface area contributed by atoms with E-state index in [9.17, 15) is 9.59 Å². The van der Waals surface area contributed by atoms with Gasteiger partial charge in [-0.3, -0.25) is 9.59 Å². The third kappa shape index (κ3) is 5.20. The number of carbonyl (C=O) groups is 1. The number of halogens is 1. The number of amides is 1. The summed E-state index contributed by atoms with van der Waals surface area (Å²) in [7, 11) is 1.68. The zero-order chi connectivity index (χ0) is 19.9. The van der Waals surface area contributed by atoms with Crippen molar-refractivity contribution >= 4 is 17.5 Å². The summed E-state index contributed by atoms with van der Waals surface area (Å²) in [6, 6.07) is 19.4. The molecule has 28 heavy (non-hydrogen) atoms. The molecule has 0 bridgehead atoms. The predicted molar refractivity (Wildman–Crippen MR) is 108 cm³/mol. The van der Waals surface area contributed by atoms with Gasteiger partial charge in [0.05, 0.1) is 6.54 Å². The fourth-order valence-corrected chi connectivity index (χ4v) is 2.88. The number of hydrogen-bond acceptors (Lipinski definition) is 4. The van der Waals surface area contributed by atoms with Crippen molar-refractivity contribution in [2.75, 3.05) is 13.7 Å². The Morgan fingerprint density at radius 2 is 1.89 bits per heavy atom. The fourth-order valence-electron chi connectivity index (χ4n) is 2.67. The monoisotopic (exact) mass is 397 g/mol.